The summed E-state index contributed by atoms with van der Waals surface area (Å²) in [6.45, 7) is 6.96. The van der Waals surface area contributed by atoms with Crippen molar-refractivity contribution in [2.45, 2.75) is 39.9 Å². The van der Waals surface area contributed by atoms with E-state index in [1.165, 1.54) is 7.11 Å². The zero-order valence-corrected chi connectivity index (χ0v) is 10.1. The Labute approximate surface area is 91.9 Å². The fourth-order valence-corrected chi connectivity index (χ4v) is 1.10. The molecular formula is C11H22O4. The van der Waals surface area contributed by atoms with Gasteiger partial charge in [-0.25, -0.2) is 0 Å². The molecule has 15 heavy (non-hydrogen) atoms. The van der Waals surface area contributed by atoms with Gasteiger partial charge in [-0.3, -0.25) is 4.79 Å². The largest absolute Gasteiger partial charge is 0.469 e. The Morgan fingerprint density at radius 3 is 1.93 bits per heavy atom. The molecule has 0 aliphatic carbocycles. The third-order valence-corrected chi connectivity index (χ3v) is 1.95. The van der Waals surface area contributed by atoms with Crippen LogP contribution in [0.5, 0.6) is 0 Å². The van der Waals surface area contributed by atoms with Gasteiger partial charge in [0, 0.05) is 13.2 Å². The monoisotopic (exact) mass is 218 g/mol. The van der Waals surface area contributed by atoms with Crippen LogP contribution < -0.4 is 0 Å². The van der Waals surface area contributed by atoms with E-state index in [9.17, 15) is 4.79 Å². The van der Waals surface area contributed by atoms with Crippen molar-refractivity contribution in [2.75, 3.05) is 20.3 Å². The summed E-state index contributed by atoms with van der Waals surface area (Å²) < 4.78 is 15.6. The van der Waals surface area contributed by atoms with E-state index in [2.05, 4.69) is 4.74 Å². The van der Waals surface area contributed by atoms with E-state index in [-0.39, 0.29) is 11.9 Å². The van der Waals surface area contributed by atoms with Crippen LogP contribution in [0.1, 0.15) is 33.6 Å². The first kappa shape index (κ1) is 14.4. The van der Waals surface area contributed by atoms with Crippen LogP contribution in [-0.2, 0) is 19.0 Å². The van der Waals surface area contributed by atoms with Gasteiger partial charge >= 0.3 is 5.97 Å². The van der Waals surface area contributed by atoms with Crippen molar-refractivity contribution in [1.29, 1.82) is 0 Å². The summed E-state index contributed by atoms with van der Waals surface area (Å²) in [6, 6.07) is 0. The third-order valence-electron chi connectivity index (χ3n) is 1.95. The number of rotatable bonds is 8. The first-order valence-electron chi connectivity index (χ1n) is 5.48. The second-order valence-corrected chi connectivity index (χ2v) is 3.42. The van der Waals surface area contributed by atoms with Gasteiger partial charge in [-0.05, 0) is 19.8 Å². The van der Waals surface area contributed by atoms with Crippen molar-refractivity contribution in [3.05, 3.63) is 0 Å². The van der Waals surface area contributed by atoms with E-state index >= 15 is 0 Å². The Hall–Kier alpha value is -0.610. The van der Waals surface area contributed by atoms with Gasteiger partial charge in [0.1, 0.15) is 5.92 Å². The summed E-state index contributed by atoms with van der Waals surface area (Å²) in [6.07, 6.45) is 1.32. The Bertz CT molecular complexity index is 162. The Morgan fingerprint density at radius 2 is 1.60 bits per heavy atom. The average molecular weight is 218 g/mol. The minimum Gasteiger partial charge on any atom is -0.469 e. The van der Waals surface area contributed by atoms with Gasteiger partial charge in [0.2, 0.25) is 0 Å². The average Bonchev–Trinajstić information content (AvgIpc) is 2.27. The van der Waals surface area contributed by atoms with Crippen molar-refractivity contribution in [3.63, 3.8) is 0 Å². The van der Waals surface area contributed by atoms with Gasteiger partial charge in [0.25, 0.3) is 0 Å². The molecule has 4 nitrogen and oxygen atoms in total. The second-order valence-electron chi connectivity index (χ2n) is 3.42. The zero-order valence-electron chi connectivity index (χ0n) is 10.1. The minimum absolute atomic E-state index is 0.299. The van der Waals surface area contributed by atoms with E-state index < -0.39 is 6.29 Å². The lowest BCUT2D eigenvalue weighted by atomic mass is 10.2. The smallest absolute Gasteiger partial charge is 0.313 e. The van der Waals surface area contributed by atoms with Crippen molar-refractivity contribution in [2.24, 2.45) is 5.92 Å². The Morgan fingerprint density at radius 1 is 1.13 bits per heavy atom. The molecule has 0 aromatic carbocycles. The molecule has 0 heterocycles. The fourth-order valence-electron chi connectivity index (χ4n) is 1.10. The molecule has 0 amide bonds. The predicted octanol–water partition coefficient (Wildman–Crippen LogP) is 1.97. The van der Waals surface area contributed by atoms with Crippen LogP contribution in [0.3, 0.4) is 0 Å². The normalized spacial score (nSPS) is 12.9. The molecule has 0 rings (SSSR count). The molecule has 1 unspecified atom stereocenters. The van der Waals surface area contributed by atoms with Crippen LogP contribution in [-0.4, -0.2) is 32.6 Å². The highest BCUT2D eigenvalue weighted by Crippen LogP contribution is 2.12. The fraction of sp³-hybridized carbons (Fsp3) is 0.909. The molecule has 0 aliphatic rings. The van der Waals surface area contributed by atoms with E-state index in [1.807, 2.05) is 13.8 Å². The lowest BCUT2D eigenvalue weighted by molar-refractivity contribution is -0.188. The lowest BCUT2D eigenvalue weighted by Gasteiger charge is -2.22. The number of hydrogen-bond acceptors (Lipinski definition) is 4. The molecule has 0 N–H and O–H groups in total. The van der Waals surface area contributed by atoms with Crippen LogP contribution in [0, 0.1) is 5.92 Å². The summed E-state index contributed by atoms with van der Waals surface area (Å²) in [4.78, 5) is 11.3. The number of esters is 1. The third kappa shape index (κ3) is 5.74. The van der Waals surface area contributed by atoms with E-state index in [0.717, 1.165) is 12.8 Å². The van der Waals surface area contributed by atoms with Crippen molar-refractivity contribution in [1.82, 2.24) is 0 Å². The number of carbonyl (C=O) groups is 1. The first-order chi connectivity index (χ1) is 7.17. The number of ether oxygens (including phenoxy) is 3. The van der Waals surface area contributed by atoms with E-state index in [1.54, 1.807) is 6.92 Å². The van der Waals surface area contributed by atoms with Gasteiger partial charge in [0.05, 0.1) is 7.11 Å². The quantitative estimate of drug-likeness (QED) is 0.461. The highest BCUT2D eigenvalue weighted by molar-refractivity contribution is 5.72. The lowest BCUT2D eigenvalue weighted by Crippen LogP contribution is -2.32. The van der Waals surface area contributed by atoms with Crippen LogP contribution in [0.15, 0.2) is 0 Å². The molecule has 0 radical (unpaired) electrons. The standard InChI is InChI=1S/C11H22O4/c1-5-7-14-11(15-8-6-2)9(3)10(12)13-4/h9,11H,5-8H2,1-4H3. The summed E-state index contributed by atoms with van der Waals surface area (Å²) in [5.74, 6) is -0.680. The molecule has 0 fully saturated rings. The van der Waals surface area contributed by atoms with Crippen molar-refractivity contribution < 1.29 is 19.0 Å². The first-order valence-corrected chi connectivity index (χ1v) is 5.48. The minimum atomic E-state index is -0.489. The Balaban J connectivity index is 4.12. The molecule has 1 atom stereocenters. The molecule has 0 saturated carbocycles. The van der Waals surface area contributed by atoms with Gasteiger partial charge in [0.15, 0.2) is 6.29 Å². The maximum atomic E-state index is 11.3. The summed E-state index contributed by atoms with van der Waals surface area (Å²) in [7, 11) is 1.37. The van der Waals surface area contributed by atoms with Crippen molar-refractivity contribution in [3.8, 4) is 0 Å². The molecule has 0 spiro atoms. The maximum Gasteiger partial charge on any atom is 0.313 e. The number of methoxy groups -OCH3 is 1. The number of carbonyl (C=O) groups excluding carboxylic acids is 1. The second kappa shape index (κ2) is 8.68. The molecule has 4 heteroatoms. The molecule has 0 aliphatic heterocycles. The highest BCUT2D eigenvalue weighted by Gasteiger charge is 2.25. The SMILES string of the molecule is CCCOC(OCCC)C(C)C(=O)OC. The molecule has 0 bridgehead atoms. The van der Waals surface area contributed by atoms with Crippen molar-refractivity contribution >= 4 is 5.97 Å². The van der Waals surface area contributed by atoms with Crippen LogP contribution in [0.25, 0.3) is 0 Å². The topological polar surface area (TPSA) is 44.8 Å². The van der Waals surface area contributed by atoms with E-state index in [0.29, 0.717) is 13.2 Å². The van der Waals surface area contributed by atoms with Crippen LogP contribution in [0.2, 0.25) is 0 Å². The zero-order chi connectivity index (χ0) is 11.7. The predicted molar refractivity (Wildman–Crippen MR) is 57.5 cm³/mol. The molecule has 0 saturated heterocycles. The summed E-state index contributed by atoms with van der Waals surface area (Å²) >= 11 is 0. The van der Waals surface area contributed by atoms with E-state index in [4.69, 9.17) is 9.47 Å². The van der Waals surface area contributed by atoms with Crippen LogP contribution in [0.4, 0.5) is 0 Å². The number of hydrogen-bond donors (Lipinski definition) is 0. The molecule has 90 valence electrons. The summed E-state index contributed by atoms with van der Waals surface area (Å²) in [5.41, 5.74) is 0. The highest BCUT2D eigenvalue weighted by atomic mass is 16.7. The van der Waals surface area contributed by atoms with Gasteiger partial charge in [-0.1, -0.05) is 13.8 Å². The Kier molecular flexibility index (Phi) is 8.33. The van der Waals surface area contributed by atoms with Crippen LogP contribution >= 0.6 is 0 Å². The van der Waals surface area contributed by atoms with Gasteiger partial charge in [-0.15, -0.1) is 0 Å². The van der Waals surface area contributed by atoms with Gasteiger partial charge < -0.3 is 14.2 Å². The molecular weight excluding hydrogens is 196 g/mol. The van der Waals surface area contributed by atoms with Gasteiger partial charge in [-0.2, -0.15) is 0 Å². The maximum absolute atomic E-state index is 11.3. The summed E-state index contributed by atoms with van der Waals surface area (Å²) in [5, 5.41) is 0. The molecule has 0 aromatic heterocycles. The molecule has 0 aromatic rings.